The number of aryl methyl sites for hydroxylation is 1. The van der Waals surface area contributed by atoms with Crippen LogP contribution in [0, 0.1) is 6.92 Å². The number of anilines is 1. The van der Waals surface area contributed by atoms with E-state index in [4.69, 9.17) is 23.2 Å². The Bertz CT molecular complexity index is 1240. The molecule has 0 saturated carbocycles. The van der Waals surface area contributed by atoms with Crippen LogP contribution in [0.4, 0.5) is 5.69 Å². The molecule has 1 amide bonds. The molecule has 0 unspecified atom stereocenters. The highest BCUT2D eigenvalue weighted by Gasteiger charge is 2.18. The molecule has 0 aliphatic heterocycles. The van der Waals surface area contributed by atoms with Crippen LogP contribution >= 0.6 is 34.5 Å². The summed E-state index contributed by atoms with van der Waals surface area (Å²) in [5.41, 5.74) is 1.61. The van der Waals surface area contributed by atoms with Crippen LogP contribution in [0.5, 0.6) is 0 Å². The number of rotatable bonds is 6. The molecule has 1 aromatic heterocycles. The first kappa shape index (κ1) is 22.3. The minimum atomic E-state index is -4.00. The van der Waals surface area contributed by atoms with Crippen molar-refractivity contribution in [2.75, 3.05) is 5.32 Å². The van der Waals surface area contributed by atoms with Gasteiger partial charge in [-0.05, 0) is 61.9 Å². The Hall–Kier alpha value is -2.39. The molecule has 0 atom stereocenters. The van der Waals surface area contributed by atoms with E-state index in [9.17, 15) is 13.2 Å². The Labute approximate surface area is 188 Å². The number of hydrogen-bond donors (Lipinski definition) is 2. The number of hydrogen-bond acceptors (Lipinski definition) is 5. The average Bonchev–Trinajstić information content (AvgIpc) is 3.14. The highest BCUT2D eigenvalue weighted by molar-refractivity contribution is 7.89. The van der Waals surface area contributed by atoms with Gasteiger partial charge in [0.1, 0.15) is 4.90 Å². The van der Waals surface area contributed by atoms with Gasteiger partial charge >= 0.3 is 0 Å². The van der Waals surface area contributed by atoms with Crippen LogP contribution in [-0.2, 0) is 10.0 Å². The van der Waals surface area contributed by atoms with E-state index >= 15 is 0 Å². The Balaban J connectivity index is 1.77. The molecule has 6 nitrogen and oxygen atoms in total. The van der Waals surface area contributed by atoms with Crippen molar-refractivity contribution in [1.82, 2.24) is 4.83 Å². The molecule has 3 aromatic rings. The first-order valence-corrected chi connectivity index (χ1v) is 11.7. The van der Waals surface area contributed by atoms with Gasteiger partial charge in [-0.2, -0.15) is 18.4 Å². The third-order valence-corrected chi connectivity index (χ3v) is 6.94. The minimum Gasteiger partial charge on any atom is -0.321 e. The zero-order valence-corrected chi connectivity index (χ0v) is 19.1. The molecule has 30 heavy (non-hydrogen) atoms. The number of nitrogens with zero attached hydrogens (tertiary/aromatic N) is 1. The smallest absolute Gasteiger partial charge is 0.278 e. The van der Waals surface area contributed by atoms with Crippen LogP contribution in [-0.4, -0.2) is 20.0 Å². The van der Waals surface area contributed by atoms with Gasteiger partial charge in [0.05, 0.1) is 15.6 Å². The van der Waals surface area contributed by atoms with Crippen LogP contribution in [0.2, 0.25) is 10.0 Å². The molecule has 0 fully saturated rings. The number of hydrazone groups is 1. The lowest BCUT2D eigenvalue weighted by Gasteiger charge is -2.09. The van der Waals surface area contributed by atoms with Gasteiger partial charge < -0.3 is 5.32 Å². The van der Waals surface area contributed by atoms with E-state index in [0.29, 0.717) is 21.8 Å². The molecule has 0 saturated heterocycles. The minimum absolute atomic E-state index is 0.0354. The predicted octanol–water partition coefficient (Wildman–Crippen LogP) is 5.32. The van der Waals surface area contributed by atoms with Crippen molar-refractivity contribution >= 4 is 61.9 Å². The average molecular weight is 482 g/mol. The maximum atomic E-state index is 12.5. The van der Waals surface area contributed by atoms with E-state index < -0.39 is 10.0 Å². The monoisotopic (exact) mass is 481 g/mol. The van der Waals surface area contributed by atoms with Gasteiger partial charge in [-0.3, -0.25) is 4.79 Å². The number of amides is 1. The molecule has 2 aromatic carbocycles. The van der Waals surface area contributed by atoms with Crippen molar-refractivity contribution < 1.29 is 13.2 Å². The molecule has 0 radical (unpaired) electrons. The first-order valence-electron chi connectivity index (χ1n) is 8.65. The zero-order chi connectivity index (χ0) is 21.9. The summed E-state index contributed by atoms with van der Waals surface area (Å²) in [4.78, 5) is 16.0. The van der Waals surface area contributed by atoms with E-state index in [1.807, 2.05) is 13.0 Å². The van der Waals surface area contributed by atoms with Crippen LogP contribution in [0.1, 0.15) is 27.0 Å². The van der Waals surface area contributed by atoms with Gasteiger partial charge in [0.25, 0.3) is 15.9 Å². The van der Waals surface area contributed by atoms with Crippen molar-refractivity contribution in [3.05, 3.63) is 80.0 Å². The Morgan fingerprint density at radius 3 is 2.53 bits per heavy atom. The normalized spacial score (nSPS) is 11.9. The van der Waals surface area contributed by atoms with Crippen molar-refractivity contribution in [2.45, 2.75) is 18.7 Å². The fourth-order valence-corrected chi connectivity index (χ4v) is 4.88. The maximum Gasteiger partial charge on any atom is 0.278 e. The van der Waals surface area contributed by atoms with Crippen molar-refractivity contribution in [3.63, 3.8) is 0 Å². The SMILES string of the molecule is C/C(=N/NS(=O)(=O)c1cc(Cl)ccc1Cl)c1cccc(NC(=O)c2ccc(C)s2)c1. The number of carbonyl (C=O) groups is 1. The summed E-state index contributed by atoms with van der Waals surface area (Å²) in [7, 11) is -4.00. The predicted molar refractivity (Wildman–Crippen MR) is 122 cm³/mol. The van der Waals surface area contributed by atoms with E-state index in [2.05, 4.69) is 15.2 Å². The van der Waals surface area contributed by atoms with Crippen molar-refractivity contribution in [2.24, 2.45) is 5.10 Å². The van der Waals surface area contributed by atoms with Crippen molar-refractivity contribution in [1.29, 1.82) is 0 Å². The summed E-state index contributed by atoms with van der Waals surface area (Å²) in [6, 6.07) is 14.7. The molecule has 1 heterocycles. The Kier molecular flexibility index (Phi) is 6.82. The van der Waals surface area contributed by atoms with Crippen molar-refractivity contribution in [3.8, 4) is 0 Å². The van der Waals surface area contributed by atoms with Crippen LogP contribution in [0.15, 0.2) is 64.6 Å². The van der Waals surface area contributed by atoms with Gasteiger partial charge in [0, 0.05) is 15.6 Å². The topological polar surface area (TPSA) is 87.6 Å². The van der Waals surface area contributed by atoms with Gasteiger partial charge in [0.2, 0.25) is 0 Å². The largest absolute Gasteiger partial charge is 0.321 e. The van der Waals surface area contributed by atoms with Gasteiger partial charge in [-0.1, -0.05) is 35.3 Å². The van der Waals surface area contributed by atoms with E-state index in [1.54, 1.807) is 37.3 Å². The number of thiophene rings is 1. The van der Waals surface area contributed by atoms with Crippen LogP contribution in [0.3, 0.4) is 0 Å². The molecule has 3 rings (SSSR count). The highest BCUT2D eigenvalue weighted by Crippen LogP contribution is 2.25. The van der Waals surface area contributed by atoms with Crippen LogP contribution in [0.25, 0.3) is 0 Å². The Morgan fingerprint density at radius 1 is 1.07 bits per heavy atom. The van der Waals surface area contributed by atoms with Gasteiger partial charge in [-0.15, -0.1) is 11.3 Å². The standard InChI is InChI=1S/C20H17Cl2N3O3S2/c1-12-6-9-18(29-12)20(26)23-16-5-3-4-14(10-16)13(2)24-25-30(27,28)19-11-15(21)7-8-17(19)22/h3-11,25H,1-2H3,(H,23,26)/b24-13-. The van der Waals surface area contributed by atoms with Crippen LogP contribution < -0.4 is 10.1 Å². The quantitative estimate of drug-likeness (QED) is 0.368. The summed E-state index contributed by atoms with van der Waals surface area (Å²) in [6.45, 7) is 3.57. The Morgan fingerprint density at radius 2 is 1.83 bits per heavy atom. The first-order chi connectivity index (χ1) is 14.2. The third-order valence-electron chi connectivity index (χ3n) is 4.02. The van der Waals surface area contributed by atoms with Gasteiger partial charge in [-0.25, -0.2) is 0 Å². The lowest BCUT2D eigenvalue weighted by molar-refractivity contribution is 0.103. The summed E-state index contributed by atoms with van der Waals surface area (Å²) in [6.07, 6.45) is 0. The number of carbonyl (C=O) groups excluding carboxylic acids is 1. The van der Waals surface area contributed by atoms with E-state index in [-0.39, 0.29) is 20.8 Å². The molecule has 0 aliphatic rings. The van der Waals surface area contributed by atoms with Gasteiger partial charge in [0.15, 0.2) is 0 Å². The number of benzene rings is 2. The lowest BCUT2D eigenvalue weighted by atomic mass is 10.1. The summed E-state index contributed by atoms with van der Waals surface area (Å²) in [5, 5.41) is 7.06. The fourth-order valence-electron chi connectivity index (χ4n) is 2.50. The lowest BCUT2D eigenvalue weighted by Crippen LogP contribution is -2.20. The fraction of sp³-hybridized carbons (Fsp3) is 0.100. The van der Waals surface area contributed by atoms with E-state index in [1.165, 1.54) is 29.5 Å². The summed E-state index contributed by atoms with van der Waals surface area (Å²) < 4.78 is 25.0. The maximum absolute atomic E-state index is 12.5. The molecular weight excluding hydrogens is 465 g/mol. The molecule has 10 heteroatoms. The van der Waals surface area contributed by atoms with E-state index in [0.717, 1.165) is 4.88 Å². The molecule has 0 bridgehead atoms. The zero-order valence-electron chi connectivity index (χ0n) is 15.9. The number of nitrogens with one attached hydrogen (secondary N) is 2. The second-order valence-corrected chi connectivity index (χ2v) is 10.1. The molecular formula is C20H17Cl2N3O3S2. The number of halogens is 2. The third kappa shape index (κ3) is 5.40. The second-order valence-electron chi connectivity index (χ2n) is 6.31. The number of sulfonamides is 1. The molecule has 0 aliphatic carbocycles. The second kappa shape index (κ2) is 9.18. The molecule has 156 valence electrons. The summed E-state index contributed by atoms with van der Waals surface area (Å²) >= 11 is 13.2. The molecule has 0 spiro atoms. The summed E-state index contributed by atoms with van der Waals surface area (Å²) in [5.74, 6) is -0.212. The molecule has 2 N–H and O–H groups in total. The highest BCUT2D eigenvalue weighted by atomic mass is 35.5.